The van der Waals surface area contributed by atoms with Crippen LogP contribution in [0.1, 0.15) is 46.0 Å². The number of rotatable bonds is 10. The molecule has 14 heavy (non-hydrogen) atoms. The summed E-state index contributed by atoms with van der Waals surface area (Å²) < 4.78 is 5.05. The Morgan fingerprint density at radius 1 is 1.36 bits per heavy atom. The van der Waals surface area contributed by atoms with Gasteiger partial charge in [-0.05, 0) is 25.8 Å². The highest BCUT2D eigenvalue weighted by atomic mass is 16.5. The number of hydrogen-bond acceptors (Lipinski definition) is 2. The molecule has 1 N–H and O–H groups in total. The predicted molar refractivity (Wildman–Crippen MR) is 62.4 cm³/mol. The first-order valence-electron chi connectivity index (χ1n) is 5.81. The second-order valence-electron chi connectivity index (χ2n) is 3.59. The van der Waals surface area contributed by atoms with Crippen molar-refractivity contribution >= 4 is 0 Å². The van der Waals surface area contributed by atoms with Crippen LogP contribution in [0.15, 0.2) is 12.8 Å². The van der Waals surface area contributed by atoms with Crippen LogP contribution in [0.4, 0.5) is 0 Å². The van der Waals surface area contributed by atoms with Gasteiger partial charge < -0.3 is 10.1 Å². The molecule has 0 aromatic heterocycles. The van der Waals surface area contributed by atoms with Crippen molar-refractivity contribution in [3.63, 3.8) is 0 Å². The van der Waals surface area contributed by atoms with E-state index >= 15 is 0 Å². The molecule has 84 valence electrons. The summed E-state index contributed by atoms with van der Waals surface area (Å²) >= 11 is 0. The molecule has 0 spiro atoms. The van der Waals surface area contributed by atoms with Gasteiger partial charge in [0.05, 0.1) is 12.9 Å². The molecule has 2 heteroatoms. The van der Waals surface area contributed by atoms with E-state index in [4.69, 9.17) is 4.74 Å². The monoisotopic (exact) mass is 199 g/mol. The zero-order valence-electron chi connectivity index (χ0n) is 9.72. The molecule has 1 atom stereocenters. The maximum atomic E-state index is 5.05. The molecule has 0 bridgehead atoms. The summed E-state index contributed by atoms with van der Waals surface area (Å²) in [7, 11) is 0. The Balaban J connectivity index is 3.28. The lowest BCUT2D eigenvalue weighted by Crippen LogP contribution is -2.29. The molecule has 0 radical (unpaired) electrons. The molecule has 0 saturated heterocycles. The Bertz CT molecular complexity index is 125. The zero-order chi connectivity index (χ0) is 10.6. The van der Waals surface area contributed by atoms with Crippen LogP contribution in [0.3, 0.4) is 0 Å². The third-order valence-corrected chi connectivity index (χ3v) is 2.39. The maximum absolute atomic E-state index is 5.05. The number of ether oxygens (including phenoxy) is 1. The molecule has 0 amide bonds. The average Bonchev–Trinajstić information content (AvgIpc) is 2.22. The molecular weight excluding hydrogens is 174 g/mol. The lowest BCUT2D eigenvalue weighted by Gasteiger charge is -2.16. The molecule has 1 unspecified atom stereocenters. The van der Waals surface area contributed by atoms with Crippen molar-refractivity contribution < 1.29 is 4.74 Å². The highest BCUT2D eigenvalue weighted by Gasteiger charge is 2.03. The van der Waals surface area contributed by atoms with Crippen molar-refractivity contribution in [3.8, 4) is 0 Å². The summed E-state index contributed by atoms with van der Waals surface area (Å²) in [5, 5.41) is 3.55. The van der Waals surface area contributed by atoms with Crippen molar-refractivity contribution in [1.82, 2.24) is 5.32 Å². The molecule has 0 heterocycles. The molecular formula is C12H25NO. The van der Waals surface area contributed by atoms with Gasteiger partial charge in [-0.25, -0.2) is 0 Å². The summed E-state index contributed by atoms with van der Waals surface area (Å²) in [5.41, 5.74) is 0. The van der Waals surface area contributed by atoms with E-state index in [1.54, 1.807) is 0 Å². The third kappa shape index (κ3) is 8.11. The maximum Gasteiger partial charge on any atom is 0.0885 e. The van der Waals surface area contributed by atoms with Gasteiger partial charge in [-0.1, -0.05) is 33.3 Å². The van der Waals surface area contributed by atoms with E-state index in [1.807, 2.05) is 0 Å². The van der Waals surface area contributed by atoms with Gasteiger partial charge in [-0.15, -0.1) is 0 Å². The second-order valence-corrected chi connectivity index (χ2v) is 3.59. The van der Waals surface area contributed by atoms with Crippen LogP contribution in [0.25, 0.3) is 0 Å². The van der Waals surface area contributed by atoms with Gasteiger partial charge in [0.2, 0.25) is 0 Å². The van der Waals surface area contributed by atoms with E-state index in [0.29, 0.717) is 6.04 Å². The van der Waals surface area contributed by atoms with Gasteiger partial charge >= 0.3 is 0 Å². The molecule has 0 aromatic carbocycles. The smallest absolute Gasteiger partial charge is 0.0885 e. The predicted octanol–water partition coefficient (Wildman–Crippen LogP) is 3.10. The van der Waals surface area contributed by atoms with Crippen LogP contribution in [0.5, 0.6) is 0 Å². The fourth-order valence-electron chi connectivity index (χ4n) is 1.45. The highest BCUT2D eigenvalue weighted by Crippen LogP contribution is 2.03. The minimum atomic E-state index is 0.693. The van der Waals surface area contributed by atoms with Crippen LogP contribution in [0.2, 0.25) is 0 Å². The second kappa shape index (κ2) is 10.6. The van der Waals surface area contributed by atoms with Gasteiger partial charge in [0.1, 0.15) is 0 Å². The van der Waals surface area contributed by atoms with Crippen LogP contribution >= 0.6 is 0 Å². The van der Waals surface area contributed by atoms with E-state index in [2.05, 4.69) is 25.7 Å². The van der Waals surface area contributed by atoms with Crippen LogP contribution in [0, 0.1) is 0 Å². The first kappa shape index (κ1) is 13.5. The van der Waals surface area contributed by atoms with Gasteiger partial charge in [-0.3, -0.25) is 0 Å². The quantitative estimate of drug-likeness (QED) is 0.431. The summed E-state index contributed by atoms with van der Waals surface area (Å²) in [5.74, 6) is 0. The molecule has 0 aliphatic heterocycles. The van der Waals surface area contributed by atoms with Crippen LogP contribution < -0.4 is 5.32 Å². The van der Waals surface area contributed by atoms with Crippen molar-refractivity contribution in [2.45, 2.75) is 52.0 Å². The Labute approximate surface area is 88.7 Å². The van der Waals surface area contributed by atoms with E-state index in [9.17, 15) is 0 Å². The van der Waals surface area contributed by atoms with E-state index in [1.165, 1.54) is 31.9 Å². The van der Waals surface area contributed by atoms with E-state index < -0.39 is 0 Å². The van der Waals surface area contributed by atoms with E-state index in [0.717, 1.165) is 19.6 Å². The largest absolute Gasteiger partial charge is 0.502 e. The molecule has 2 nitrogen and oxygen atoms in total. The van der Waals surface area contributed by atoms with Gasteiger partial charge in [0.15, 0.2) is 0 Å². The molecule has 0 saturated carbocycles. The Kier molecular flexibility index (Phi) is 10.2. The first-order chi connectivity index (χ1) is 6.85. The normalized spacial score (nSPS) is 12.4. The van der Waals surface area contributed by atoms with Crippen molar-refractivity contribution in [2.75, 3.05) is 13.2 Å². The zero-order valence-corrected chi connectivity index (χ0v) is 9.72. The summed E-state index contributed by atoms with van der Waals surface area (Å²) in [6.07, 6.45) is 7.72. The fraction of sp³-hybridized carbons (Fsp3) is 0.833. The van der Waals surface area contributed by atoms with Crippen molar-refractivity contribution in [3.05, 3.63) is 12.8 Å². The molecule has 0 aliphatic rings. The molecule has 0 aliphatic carbocycles. The van der Waals surface area contributed by atoms with Crippen molar-refractivity contribution in [1.29, 1.82) is 0 Å². The first-order valence-corrected chi connectivity index (χ1v) is 5.81. The van der Waals surface area contributed by atoms with Crippen LogP contribution in [-0.2, 0) is 4.74 Å². The SMILES string of the molecule is C=COCCCNC(CC)CCCC. The summed E-state index contributed by atoms with van der Waals surface area (Å²) in [6, 6.07) is 0.693. The minimum absolute atomic E-state index is 0.693. The Morgan fingerprint density at radius 3 is 2.71 bits per heavy atom. The minimum Gasteiger partial charge on any atom is -0.502 e. The number of hydrogen-bond donors (Lipinski definition) is 1. The number of unbranched alkanes of at least 4 members (excludes halogenated alkanes) is 1. The number of nitrogens with one attached hydrogen (secondary N) is 1. The third-order valence-electron chi connectivity index (χ3n) is 2.39. The van der Waals surface area contributed by atoms with Gasteiger partial charge in [0, 0.05) is 6.04 Å². The van der Waals surface area contributed by atoms with Crippen molar-refractivity contribution in [2.24, 2.45) is 0 Å². The Hall–Kier alpha value is -0.500. The fourth-order valence-corrected chi connectivity index (χ4v) is 1.45. The van der Waals surface area contributed by atoms with Gasteiger partial charge in [-0.2, -0.15) is 0 Å². The van der Waals surface area contributed by atoms with Crippen LogP contribution in [-0.4, -0.2) is 19.2 Å². The molecule has 0 rings (SSSR count). The highest BCUT2D eigenvalue weighted by molar-refractivity contribution is 4.64. The lowest BCUT2D eigenvalue weighted by atomic mass is 10.1. The molecule has 0 fully saturated rings. The summed E-state index contributed by atoms with van der Waals surface area (Å²) in [6.45, 7) is 9.82. The van der Waals surface area contributed by atoms with E-state index in [-0.39, 0.29) is 0 Å². The standard InChI is InChI=1S/C12H25NO/c1-4-7-9-12(5-2)13-10-8-11-14-6-3/h6,12-13H,3-5,7-11H2,1-2H3. The molecule has 0 aromatic rings. The average molecular weight is 199 g/mol. The Morgan fingerprint density at radius 2 is 2.14 bits per heavy atom. The lowest BCUT2D eigenvalue weighted by molar-refractivity contribution is 0.242. The summed E-state index contributed by atoms with van der Waals surface area (Å²) in [4.78, 5) is 0. The topological polar surface area (TPSA) is 21.3 Å². The van der Waals surface area contributed by atoms with Gasteiger partial charge in [0.25, 0.3) is 0 Å².